The Balaban J connectivity index is 1.66. The first-order valence-electron chi connectivity index (χ1n) is 11.8. The standard InChI is InChI=1S/C26H35N3O5/c1-26(2,3)34-25(32)28-16-17-9-8-12-19(15-17)20-13-14-21(33-20)23(30)29-22(24(31)27-4)18-10-6-5-7-11-18/h8-9,12-15,18,22H,5-7,10-11,16H2,1-4H3,(H,27,31)(H,28,32)(H,29,30). The van der Waals surface area contributed by atoms with E-state index in [4.69, 9.17) is 9.15 Å². The lowest BCUT2D eigenvalue weighted by Gasteiger charge is -2.29. The third-order valence-electron chi connectivity index (χ3n) is 5.81. The quantitative estimate of drug-likeness (QED) is 0.557. The highest BCUT2D eigenvalue weighted by Crippen LogP contribution is 2.28. The molecule has 2 aromatic rings. The number of hydrogen-bond donors (Lipinski definition) is 3. The summed E-state index contributed by atoms with van der Waals surface area (Å²) >= 11 is 0. The summed E-state index contributed by atoms with van der Waals surface area (Å²) in [6, 6.07) is 10.3. The Kier molecular flexibility index (Phi) is 8.36. The van der Waals surface area contributed by atoms with Crippen LogP contribution >= 0.6 is 0 Å². The maximum Gasteiger partial charge on any atom is 0.407 e. The van der Waals surface area contributed by atoms with Crippen LogP contribution in [-0.2, 0) is 16.1 Å². The van der Waals surface area contributed by atoms with Crippen molar-refractivity contribution in [3.8, 4) is 11.3 Å². The van der Waals surface area contributed by atoms with E-state index >= 15 is 0 Å². The summed E-state index contributed by atoms with van der Waals surface area (Å²) in [4.78, 5) is 37.2. The topological polar surface area (TPSA) is 110 Å². The number of carbonyl (C=O) groups excluding carboxylic acids is 3. The molecular formula is C26H35N3O5. The summed E-state index contributed by atoms with van der Waals surface area (Å²) in [5.41, 5.74) is 1.07. The first-order valence-corrected chi connectivity index (χ1v) is 11.8. The second-order valence-electron chi connectivity index (χ2n) is 9.68. The summed E-state index contributed by atoms with van der Waals surface area (Å²) < 4.78 is 11.1. The monoisotopic (exact) mass is 469 g/mol. The fourth-order valence-electron chi connectivity index (χ4n) is 4.17. The fraction of sp³-hybridized carbons (Fsp3) is 0.500. The van der Waals surface area contributed by atoms with Gasteiger partial charge in [-0.1, -0.05) is 37.5 Å². The van der Waals surface area contributed by atoms with E-state index in [9.17, 15) is 14.4 Å². The molecule has 0 bridgehead atoms. The average molecular weight is 470 g/mol. The predicted octanol–water partition coefficient (Wildman–Crippen LogP) is 4.40. The van der Waals surface area contributed by atoms with Crippen molar-refractivity contribution in [3.63, 3.8) is 0 Å². The van der Waals surface area contributed by atoms with Crippen molar-refractivity contribution in [2.24, 2.45) is 5.92 Å². The lowest BCUT2D eigenvalue weighted by Crippen LogP contribution is -2.50. The molecule has 3 amide bonds. The molecule has 1 heterocycles. The van der Waals surface area contributed by atoms with E-state index in [1.165, 1.54) is 6.42 Å². The number of furan rings is 1. The Morgan fingerprint density at radius 3 is 2.50 bits per heavy atom. The molecule has 1 saturated carbocycles. The Bertz CT molecular complexity index is 1000. The molecule has 1 aliphatic carbocycles. The van der Waals surface area contributed by atoms with Gasteiger partial charge in [-0.2, -0.15) is 0 Å². The molecule has 0 aliphatic heterocycles. The molecular weight excluding hydrogens is 434 g/mol. The maximum absolute atomic E-state index is 12.9. The number of likely N-dealkylation sites (N-methyl/N-ethyl adjacent to an activating group) is 1. The van der Waals surface area contributed by atoms with Gasteiger partial charge in [-0.25, -0.2) is 4.79 Å². The molecule has 1 atom stereocenters. The van der Waals surface area contributed by atoms with Crippen LogP contribution in [-0.4, -0.2) is 36.6 Å². The Morgan fingerprint density at radius 2 is 1.82 bits per heavy atom. The van der Waals surface area contributed by atoms with E-state index in [0.29, 0.717) is 12.3 Å². The van der Waals surface area contributed by atoms with Gasteiger partial charge in [-0.3, -0.25) is 9.59 Å². The van der Waals surface area contributed by atoms with Crippen molar-refractivity contribution in [3.05, 3.63) is 47.7 Å². The zero-order valence-electron chi connectivity index (χ0n) is 20.4. The van der Waals surface area contributed by atoms with Crippen LogP contribution in [0.2, 0.25) is 0 Å². The molecule has 1 aliphatic rings. The van der Waals surface area contributed by atoms with E-state index in [0.717, 1.165) is 36.8 Å². The summed E-state index contributed by atoms with van der Waals surface area (Å²) in [6.45, 7) is 5.73. The van der Waals surface area contributed by atoms with Crippen LogP contribution in [0.4, 0.5) is 4.79 Å². The lowest BCUT2D eigenvalue weighted by atomic mass is 9.83. The first kappa shape index (κ1) is 25.3. The van der Waals surface area contributed by atoms with Crippen LogP contribution in [0.5, 0.6) is 0 Å². The van der Waals surface area contributed by atoms with Crippen molar-refractivity contribution in [2.45, 2.75) is 71.1 Å². The van der Waals surface area contributed by atoms with Gasteiger partial charge in [0, 0.05) is 19.2 Å². The number of nitrogens with one attached hydrogen (secondary N) is 3. The molecule has 8 heteroatoms. The van der Waals surface area contributed by atoms with Crippen LogP contribution in [0, 0.1) is 5.92 Å². The Labute approximate surface area is 200 Å². The number of rotatable bonds is 7. The molecule has 34 heavy (non-hydrogen) atoms. The van der Waals surface area contributed by atoms with E-state index in [1.54, 1.807) is 19.2 Å². The van der Waals surface area contributed by atoms with Crippen LogP contribution in [0.25, 0.3) is 11.3 Å². The minimum Gasteiger partial charge on any atom is -0.451 e. The largest absolute Gasteiger partial charge is 0.451 e. The van der Waals surface area contributed by atoms with E-state index in [1.807, 2.05) is 45.0 Å². The van der Waals surface area contributed by atoms with Gasteiger partial charge in [-0.05, 0) is 63.3 Å². The molecule has 1 fully saturated rings. The molecule has 8 nitrogen and oxygen atoms in total. The van der Waals surface area contributed by atoms with E-state index in [-0.39, 0.29) is 17.6 Å². The third kappa shape index (κ3) is 7.10. The van der Waals surface area contributed by atoms with Gasteiger partial charge in [0.05, 0.1) is 0 Å². The van der Waals surface area contributed by atoms with Crippen molar-refractivity contribution >= 4 is 17.9 Å². The molecule has 0 saturated heterocycles. The number of benzene rings is 1. The van der Waals surface area contributed by atoms with Crippen molar-refractivity contribution in [2.75, 3.05) is 7.05 Å². The van der Waals surface area contributed by atoms with Crippen molar-refractivity contribution in [1.82, 2.24) is 16.0 Å². The molecule has 1 aromatic carbocycles. The highest BCUT2D eigenvalue weighted by molar-refractivity contribution is 5.96. The number of ether oxygens (including phenoxy) is 1. The second kappa shape index (κ2) is 11.2. The van der Waals surface area contributed by atoms with Crippen molar-refractivity contribution in [1.29, 1.82) is 0 Å². The zero-order valence-corrected chi connectivity index (χ0v) is 20.4. The van der Waals surface area contributed by atoms with Crippen LogP contribution in [0.15, 0.2) is 40.8 Å². The third-order valence-corrected chi connectivity index (χ3v) is 5.81. The number of hydrogen-bond acceptors (Lipinski definition) is 5. The molecule has 3 N–H and O–H groups in total. The predicted molar refractivity (Wildman–Crippen MR) is 129 cm³/mol. The van der Waals surface area contributed by atoms with Crippen molar-refractivity contribution < 1.29 is 23.5 Å². The molecule has 184 valence electrons. The maximum atomic E-state index is 12.9. The summed E-state index contributed by atoms with van der Waals surface area (Å²) in [6.07, 6.45) is 4.66. The fourth-order valence-corrected chi connectivity index (χ4v) is 4.17. The van der Waals surface area contributed by atoms with Gasteiger partial charge in [0.2, 0.25) is 5.91 Å². The molecule has 1 unspecified atom stereocenters. The Morgan fingerprint density at radius 1 is 1.09 bits per heavy atom. The summed E-state index contributed by atoms with van der Waals surface area (Å²) in [5, 5.41) is 8.27. The Hall–Kier alpha value is -3.29. The smallest absolute Gasteiger partial charge is 0.407 e. The molecule has 3 rings (SSSR count). The highest BCUT2D eigenvalue weighted by atomic mass is 16.6. The van der Waals surface area contributed by atoms with E-state index < -0.39 is 23.6 Å². The minimum absolute atomic E-state index is 0.126. The first-order chi connectivity index (χ1) is 16.2. The van der Waals surface area contributed by atoms with Gasteiger partial charge in [0.25, 0.3) is 5.91 Å². The van der Waals surface area contributed by atoms with Crippen LogP contribution in [0.1, 0.15) is 69.0 Å². The van der Waals surface area contributed by atoms with Gasteiger partial charge < -0.3 is 25.1 Å². The molecule has 0 radical (unpaired) electrons. The van der Waals surface area contributed by atoms with Gasteiger partial charge >= 0.3 is 6.09 Å². The zero-order chi connectivity index (χ0) is 24.7. The van der Waals surface area contributed by atoms with E-state index in [2.05, 4.69) is 16.0 Å². The summed E-state index contributed by atoms with van der Waals surface area (Å²) in [5.74, 6) is 0.210. The molecule has 1 aromatic heterocycles. The lowest BCUT2D eigenvalue weighted by molar-refractivity contribution is -0.124. The normalized spacial score (nSPS) is 15.3. The van der Waals surface area contributed by atoms with Gasteiger partial charge in [0.1, 0.15) is 17.4 Å². The van der Waals surface area contributed by atoms with Gasteiger partial charge in [0.15, 0.2) is 5.76 Å². The minimum atomic E-state index is -0.575. The van der Waals surface area contributed by atoms with Gasteiger partial charge in [-0.15, -0.1) is 0 Å². The second-order valence-corrected chi connectivity index (χ2v) is 9.68. The van der Waals surface area contributed by atoms with Crippen LogP contribution < -0.4 is 16.0 Å². The summed E-state index contributed by atoms with van der Waals surface area (Å²) in [7, 11) is 1.58. The number of carbonyl (C=O) groups is 3. The SMILES string of the molecule is CNC(=O)C(NC(=O)c1ccc(-c2cccc(CNC(=O)OC(C)(C)C)c2)o1)C1CCCCC1. The molecule has 0 spiro atoms. The number of amides is 3. The van der Waals surface area contributed by atoms with Crippen LogP contribution in [0.3, 0.4) is 0 Å². The average Bonchev–Trinajstić information content (AvgIpc) is 3.31. The number of alkyl carbamates (subject to hydrolysis) is 1. The highest BCUT2D eigenvalue weighted by Gasteiger charge is 2.31.